The Morgan fingerprint density at radius 1 is 1.38 bits per heavy atom. The zero-order valence-electron chi connectivity index (χ0n) is 11.9. The van der Waals surface area contributed by atoms with Crippen LogP contribution in [0.25, 0.3) is 0 Å². The van der Waals surface area contributed by atoms with Crippen LogP contribution < -0.4 is 4.90 Å². The summed E-state index contributed by atoms with van der Waals surface area (Å²) in [6.07, 6.45) is 1.35. The summed E-state index contributed by atoms with van der Waals surface area (Å²) in [7, 11) is 3.09. The van der Waals surface area contributed by atoms with Crippen molar-refractivity contribution in [3.63, 3.8) is 0 Å². The first-order valence-electron chi connectivity index (χ1n) is 6.79. The van der Waals surface area contributed by atoms with Gasteiger partial charge in [-0.15, -0.1) is 0 Å². The lowest BCUT2D eigenvalue weighted by molar-refractivity contribution is -0.126. The van der Waals surface area contributed by atoms with E-state index in [1.54, 1.807) is 18.0 Å². The van der Waals surface area contributed by atoms with Gasteiger partial charge in [0.25, 0.3) is 0 Å². The molecule has 3 rings (SSSR count). The number of likely N-dealkylation sites (N-methyl/N-ethyl adjacent to an activating group) is 1. The monoisotopic (exact) mass is 353 g/mol. The average Bonchev–Trinajstić information content (AvgIpc) is 2.69. The van der Waals surface area contributed by atoms with Crippen molar-refractivity contribution in [3.8, 4) is 0 Å². The standard InChI is InChI=1S/C15H16BrNO4/c1-17-12-7-9(13(18)20-2)11(16)8-10(12)15(14(17)19)3-5-21-6-4-15/h7-8H,3-6H2,1-2H3. The van der Waals surface area contributed by atoms with E-state index in [4.69, 9.17) is 9.47 Å². The number of hydrogen-bond acceptors (Lipinski definition) is 4. The van der Waals surface area contributed by atoms with Gasteiger partial charge in [-0.1, -0.05) is 0 Å². The first kappa shape index (κ1) is 14.5. The van der Waals surface area contributed by atoms with Gasteiger partial charge in [-0.05, 0) is 46.5 Å². The van der Waals surface area contributed by atoms with Crippen molar-refractivity contribution >= 4 is 33.5 Å². The summed E-state index contributed by atoms with van der Waals surface area (Å²) in [4.78, 5) is 26.2. The lowest BCUT2D eigenvalue weighted by Gasteiger charge is -2.32. The largest absolute Gasteiger partial charge is 0.465 e. The van der Waals surface area contributed by atoms with Gasteiger partial charge in [0, 0.05) is 30.4 Å². The maximum Gasteiger partial charge on any atom is 0.339 e. The number of rotatable bonds is 1. The van der Waals surface area contributed by atoms with Crippen LogP contribution in [0.15, 0.2) is 16.6 Å². The number of carbonyl (C=O) groups excluding carboxylic acids is 2. The van der Waals surface area contributed by atoms with E-state index in [1.165, 1.54) is 7.11 Å². The molecule has 6 heteroatoms. The molecule has 2 aliphatic rings. The van der Waals surface area contributed by atoms with Crippen LogP contribution >= 0.6 is 15.9 Å². The van der Waals surface area contributed by atoms with Crippen LogP contribution in [0.1, 0.15) is 28.8 Å². The molecule has 0 unspecified atom stereocenters. The van der Waals surface area contributed by atoms with E-state index < -0.39 is 11.4 Å². The third kappa shape index (κ3) is 2.00. The quantitative estimate of drug-likeness (QED) is 0.726. The molecule has 0 aromatic heterocycles. The number of hydrogen-bond donors (Lipinski definition) is 0. The zero-order chi connectivity index (χ0) is 15.2. The van der Waals surface area contributed by atoms with Crippen molar-refractivity contribution in [2.24, 2.45) is 0 Å². The number of fused-ring (bicyclic) bond motifs is 2. The minimum atomic E-state index is -0.514. The van der Waals surface area contributed by atoms with E-state index in [-0.39, 0.29) is 5.91 Å². The summed E-state index contributed by atoms with van der Waals surface area (Å²) < 4.78 is 10.8. The number of halogens is 1. The van der Waals surface area contributed by atoms with Crippen LogP contribution in [0.5, 0.6) is 0 Å². The van der Waals surface area contributed by atoms with Gasteiger partial charge in [-0.25, -0.2) is 4.79 Å². The van der Waals surface area contributed by atoms with Crippen molar-refractivity contribution in [1.29, 1.82) is 0 Å². The van der Waals surface area contributed by atoms with Gasteiger partial charge in [-0.3, -0.25) is 4.79 Å². The summed E-state index contributed by atoms with van der Waals surface area (Å²) >= 11 is 3.42. The summed E-state index contributed by atoms with van der Waals surface area (Å²) in [6, 6.07) is 3.61. The van der Waals surface area contributed by atoms with Crippen LogP contribution in [0.2, 0.25) is 0 Å². The molecule has 1 aromatic carbocycles. The second-order valence-corrected chi connectivity index (χ2v) is 6.25. The van der Waals surface area contributed by atoms with Crippen molar-refractivity contribution in [2.75, 3.05) is 32.3 Å². The predicted octanol–water partition coefficient (Wildman–Crippen LogP) is 2.26. The van der Waals surface area contributed by atoms with Crippen LogP contribution in [0, 0.1) is 0 Å². The number of methoxy groups -OCH3 is 1. The van der Waals surface area contributed by atoms with Crippen LogP contribution in [-0.2, 0) is 19.7 Å². The SMILES string of the molecule is COC(=O)c1cc2c(cc1Br)C1(CCOCC1)C(=O)N2C. The van der Waals surface area contributed by atoms with Gasteiger partial charge < -0.3 is 14.4 Å². The molecule has 0 radical (unpaired) electrons. The summed E-state index contributed by atoms with van der Waals surface area (Å²) in [5.41, 5.74) is 1.67. The molecule has 2 heterocycles. The fourth-order valence-electron chi connectivity index (χ4n) is 3.24. The van der Waals surface area contributed by atoms with Gasteiger partial charge in [0.15, 0.2) is 0 Å². The first-order valence-corrected chi connectivity index (χ1v) is 7.59. The molecule has 0 atom stereocenters. The molecule has 21 heavy (non-hydrogen) atoms. The molecule has 0 bridgehead atoms. The van der Waals surface area contributed by atoms with Crippen molar-refractivity contribution in [1.82, 2.24) is 0 Å². The first-order chi connectivity index (χ1) is 10.0. The van der Waals surface area contributed by atoms with Crippen molar-refractivity contribution in [2.45, 2.75) is 18.3 Å². The van der Waals surface area contributed by atoms with Crippen LogP contribution in [0.3, 0.4) is 0 Å². The normalized spacial score (nSPS) is 19.8. The van der Waals surface area contributed by atoms with E-state index in [2.05, 4.69) is 15.9 Å². The average molecular weight is 354 g/mol. The Bertz CT molecular complexity index is 622. The fourth-order valence-corrected chi connectivity index (χ4v) is 3.74. The highest BCUT2D eigenvalue weighted by Crippen LogP contribution is 2.48. The zero-order valence-corrected chi connectivity index (χ0v) is 13.5. The van der Waals surface area contributed by atoms with Crippen LogP contribution in [0.4, 0.5) is 5.69 Å². The third-order valence-electron chi connectivity index (χ3n) is 4.43. The van der Waals surface area contributed by atoms with Gasteiger partial charge in [0.05, 0.1) is 18.1 Å². The molecular weight excluding hydrogens is 338 g/mol. The number of anilines is 1. The lowest BCUT2D eigenvalue weighted by Crippen LogP contribution is -2.42. The minimum absolute atomic E-state index is 0.0784. The summed E-state index contributed by atoms with van der Waals surface area (Å²) in [6.45, 7) is 1.16. The topological polar surface area (TPSA) is 55.8 Å². The number of nitrogens with zero attached hydrogens (tertiary/aromatic N) is 1. The Balaban J connectivity index is 2.16. The highest BCUT2D eigenvalue weighted by molar-refractivity contribution is 9.10. The Hall–Kier alpha value is -1.40. The maximum atomic E-state index is 12.7. The molecule has 112 valence electrons. The molecule has 1 aromatic rings. The Morgan fingerprint density at radius 3 is 2.67 bits per heavy atom. The number of carbonyl (C=O) groups is 2. The van der Waals surface area contributed by atoms with Gasteiger partial charge in [0.2, 0.25) is 5.91 Å². The van der Waals surface area contributed by atoms with E-state index in [0.29, 0.717) is 36.1 Å². The molecule has 2 aliphatic heterocycles. The lowest BCUT2D eigenvalue weighted by atomic mass is 9.75. The molecule has 1 amide bonds. The van der Waals surface area contributed by atoms with E-state index in [1.807, 2.05) is 6.07 Å². The molecule has 0 N–H and O–H groups in total. The number of esters is 1. The summed E-state index contributed by atoms with van der Waals surface area (Å²) in [5, 5.41) is 0. The Labute approximate surface area is 131 Å². The molecule has 0 aliphatic carbocycles. The highest BCUT2D eigenvalue weighted by Gasteiger charge is 2.50. The molecule has 1 saturated heterocycles. The number of amides is 1. The van der Waals surface area contributed by atoms with Crippen molar-refractivity contribution < 1.29 is 19.1 Å². The molecule has 1 spiro atoms. The third-order valence-corrected chi connectivity index (χ3v) is 5.08. The smallest absolute Gasteiger partial charge is 0.339 e. The van der Waals surface area contributed by atoms with Gasteiger partial charge in [0.1, 0.15) is 0 Å². The molecule has 1 fully saturated rings. The van der Waals surface area contributed by atoms with Crippen LogP contribution in [-0.4, -0.2) is 39.2 Å². The number of ether oxygens (including phenoxy) is 2. The molecular formula is C15H16BrNO4. The van der Waals surface area contributed by atoms with E-state index in [9.17, 15) is 9.59 Å². The second-order valence-electron chi connectivity index (χ2n) is 5.40. The van der Waals surface area contributed by atoms with Crippen molar-refractivity contribution in [3.05, 3.63) is 27.7 Å². The molecule has 5 nitrogen and oxygen atoms in total. The Morgan fingerprint density at radius 2 is 2.05 bits per heavy atom. The van der Waals surface area contributed by atoms with E-state index in [0.717, 1.165) is 11.3 Å². The summed E-state index contributed by atoms with van der Waals surface area (Å²) in [5.74, 6) is -0.340. The van der Waals surface area contributed by atoms with E-state index >= 15 is 0 Å². The molecule has 0 saturated carbocycles. The van der Waals surface area contributed by atoms with Gasteiger partial charge >= 0.3 is 5.97 Å². The number of benzene rings is 1. The minimum Gasteiger partial charge on any atom is -0.465 e. The highest BCUT2D eigenvalue weighted by atomic mass is 79.9. The fraction of sp³-hybridized carbons (Fsp3) is 0.467. The Kier molecular flexibility index (Phi) is 3.53. The van der Waals surface area contributed by atoms with Gasteiger partial charge in [-0.2, -0.15) is 0 Å². The maximum absolute atomic E-state index is 12.7. The second kappa shape index (κ2) is 5.10. The predicted molar refractivity (Wildman–Crippen MR) is 80.6 cm³/mol.